The molecule has 0 aromatic carbocycles. The number of hydrogen-bond acceptors (Lipinski definition) is 6. The van der Waals surface area contributed by atoms with E-state index in [1.54, 1.807) is 0 Å². The second-order valence-electron chi connectivity index (χ2n) is 5.60. The average molecular weight is 313 g/mol. The molecule has 2 rings (SSSR count). The van der Waals surface area contributed by atoms with Crippen LogP contribution in [0.25, 0.3) is 0 Å². The molecular formula is C13H23N5O2S. The molecule has 0 amide bonds. The highest BCUT2D eigenvalue weighted by Crippen LogP contribution is 2.28. The summed E-state index contributed by atoms with van der Waals surface area (Å²) in [5, 5.41) is 11.7. The summed E-state index contributed by atoms with van der Waals surface area (Å²) in [5.74, 6) is 1.39. The van der Waals surface area contributed by atoms with Gasteiger partial charge in [-0.1, -0.05) is 13.8 Å². The van der Waals surface area contributed by atoms with Crippen LogP contribution in [0.1, 0.15) is 25.3 Å². The Hall–Kier alpha value is -1.41. The van der Waals surface area contributed by atoms with Crippen molar-refractivity contribution in [3.05, 3.63) is 11.6 Å². The molecule has 1 aliphatic heterocycles. The maximum Gasteiger partial charge on any atom is 0.233 e. The van der Waals surface area contributed by atoms with E-state index < -0.39 is 10.0 Å². The van der Waals surface area contributed by atoms with Gasteiger partial charge in [-0.2, -0.15) is 0 Å². The van der Waals surface area contributed by atoms with Gasteiger partial charge in [0.25, 0.3) is 0 Å². The molecule has 0 unspecified atom stereocenters. The molecule has 1 fully saturated rings. The second-order valence-corrected chi connectivity index (χ2v) is 7.62. The molecule has 0 bridgehead atoms. The smallest absolute Gasteiger partial charge is 0.233 e. The Morgan fingerprint density at radius 2 is 1.90 bits per heavy atom. The lowest BCUT2D eigenvalue weighted by Gasteiger charge is -2.29. The molecule has 118 valence electrons. The number of nitrogens with one attached hydrogen (secondary N) is 1. The van der Waals surface area contributed by atoms with E-state index in [9.17, 15) is 8.42 Å². The molecule has 1 aromatic rings. The number of nitrogens with zero attached hydrogens (tertiary/aromatic N) is 4. The van der Waals surface area contributed by atoms with Crippen LogP contribution in [-0.4, -0.2) is 58.1 Å². The monoisotopic (exact) mass is 313 g/mol. The molecule has 0 saturated carbocycles. The van der Waals surface area contributed by atoms with Gasteiger partial charge in [-0.3, -0.25) is 4.31 Å². The zero-order valence-electron chi connectivity index (χ0n) is 13.0. The normalized spacial score (nSPS) is 16.3. The molecule has 0 spiro atoms. The van der Waals surface area contributed by atoms with E-state index in [1.807, 2.05) is 19.9 Å². The fraction of sp³-hybridized carbons (Fsp3) is 0.692. The van der Waals surface area contributed by atoms with E-state index in [2.05, 4.69) is 20.4 Å². The Kier molecular flexibility index (Phi) is 4.67. The molecule has 7 nitrogen and oxygen atoms in total. The van der Waals surface area contributed by atoms with E-state index in [0.717, 1.165) is 37.6 Å². The van der Waals surface area contributed by atoms with Crippen LogP contribution in [0.3, 0.4) is 0 Å². The first-order valence-corrected chi connectivity index (χ1v) is 8.92. The zero-order valence-corrected chi connectivity index (χ0v) is 13.8. The third kappa shape index (κ3) is 3.62. The minimum absolute atomic E-state index is 0.168. The van der Waals surface area contributed by atoms with Crippen LogP contribution in [0.5, 0.6) is 0 Å². The first kappa shape index (κ1) is 16.0. The van der Waals surface area contributed by atoms with Gasteiger partial charge in [0.1, 0.15) is 0 Å². The number of sulfonamides is 1. The minimum atomic E-state index is -3.34. The van der Waals surface area contributed by atoms with Crippen molar-refractivity contribution in [2.75, 3.05) is 48.7 Å². The van der Waals surface area contributed by atoms with Crippen molar-refractivity contribution >= 4 is 21.7 Å². The number of piperazine rings is 1. The molecule has 8 heteroatoms. The highest BCUT2D eigenvalue weighted by Gasteiger charge is 2.22. The van der Waals surface area contributed by atoms with Crippen LogP contribution >= 0.6 is 0 Å². The lowest BCUT2D eigenvalue weighted by atomic mass is 10.0. The molecule has 0 atom stereocenters. The molecule has 21 heavy (non-hydrogen) atoms. The molecule has 2 heterocycles. The Morgan fingerprint density at radius 1 is 1.29 bits per heavy atom. The van der Waals surface area contributed by atoms with Gasteiger partial charge >= 0.3 is 0 Å². The Bertz CT molecular complexity index is 597. The third-order valence-corrected chi connectivity index (χ3v) is 4.82. The molecule has 1 aromatic heterocycles. The topological polar surface area (TPSA) is 78.4 Å². The summed E-state index contributed by atoms with van der Waals surface area (Å²) in [6.07, 6.45) is 1.17. The Labute approximate surface area is 126 Å². The van der Waals surface area contributed by atoms with Crippen LogP contribution in [-0.2, 0) is 10.0 Å². The van der Waals surface area contributed by atoms with Gasteiger partial charge in [-0.05, 0) is 12.0 Å². The van der Waals surface area contributed by atoms with Gasteiger partial charge in [0.05, 0.1) is 6.26 Å². The van der Waals surface area contributed by atoms with E-state index in [0.29, 0.717) is 5.82 Å². The highest BCUT2D eigenvalue weighted by atomic mass is 32.2. The minimum Gasteiger partial charge on any atom is -0.353 e. The first-order valence-electron chi connectivity index (χ1n) is 7.08. The van der Waals surface area contributed by atoms with Crippen molar-refractivity contribution in [3.8, 4) is 0 Å². The van der Waals surface area contributed by atoms with Crippen molar-refractivity contribution < 1.29 is 8.42 Å². The molecule has 1 saturated heterocycles. The highest BCUT2D eigenvalue weighted by molar-refractivity contribution is 7.92. The fourth-order valence-electron chi connectivity index (χ4n) is 2.26. The maximum atomic E-state index is 11.7. The van der Waals surface area contributed by atoms with Crippen LogP contribution in [0.4, 0.5) is 11.6 Å². The lowest BCUT2D eigenvalue weighted by molar-refractivity contribution is 0.581. The van der Waals surface area contributed by atoms with Crippen LogP contribution in [0.15, 0.2) is 6.07 Å². The van der Waals surface area contributed by atoms with Gasteiger partial charge in [0, 0.05) is 38.8 Å². The van der Waals surface area contributed by atoms with Gasteiger partial charge in [0.15, 0.2) is 11.6 Å². The van der Waals surface area contributed by atoms with Gasteiger partial charge < -0.3 is 10.2 Å². The van der Waals surface area contributed by atoms with Gasteiger partial charge in [0.2, 0.25) is 10.0 Å². The van der Waals surface area contributed by atoms with Crippen molar-refractivity contribution in [1.29, 1.82) is 0 Å². The van der Waals surface area contributed by atoms with Crippen molar-refractivity contribution in [2.24, 2.45) is 0 Å². The summed E-state index contributed by atoms with van der Waals surface area (Å²) in [4.78, 5) is 2.17. The van der Waals surface area contributed by atoms with Crippen LogP contribution in [0.2, 0.25) is 0 Å². The SMILES string of the molecule is CC(C)c1cc(N2CCNCC2)nnc1N(C)S(C)(=O)=O. The molecule has 0 aliphatic carbocycles. The van der Waals surface area contributed by atoms with E-state index in [-0.39, 0.29) is 5.92 Å². The van der Waals surface area contributed by atoms with Crippen molar-refractivity contribution in [2.45, 2.75) is 19.8 Å². The van der Waals surface area contributed by atoms with E-state index >= 15 is 0 Å². The summed E-state index contributed by atoms with van der Waals surface area (Å²) in [6, 6.07) is 1.96. The van der Waals surface area contributed by atoms with Crippen molar-refractivity contribution in [3.63, 3.8) is 0 Å². The van der Waals surface area contributed by atoms with Gasteiger partial charge in [-0.25, -0.2) is 8.42 Å². The first-order chi connectivity index (χ1) is 9.80. The number of anilines is 2. The molecular weight excluding hydrogens is 290 g/mol. The van der Waals surface area contributed by atoms with Gasteiger partial charge in [-0.15, -0.1) is 10.2 Å². The van der Waals surface area contributed by atoms with Crippen LogP contribution < -0.4 is 14.5 Å². The lowest BCUT2D eigenvalue weighted by Crippen LogP contribution is -2.44. The summed E-state index contributed by atoms with van der Waals surface area (Å²) in [6.45, 7) is 7.66. The second kappa shape index (κ2) is 6.15. The predicted molar refractivity (Wildman–Crippen MR) is 84.5 cm³/mol. The zero-order chi connectivity index (χ0) is 15.6. The third-order valence-electron chi connectivity index (χ3n) is 3.65. The quantitative estimate of drug-likeness (QED) is 0.867. The van der Waals surface area contributed by atoms with Crippen molar-refractivity contribution in [1.82, 2.24) is 15.5 Å². The number of rotatable bonds is 4. The molecule has 0 radical (unpaired) electrons. The summed E-state index contributed by atoms with van der Waals surface area (Å²) >= 11 is 0. The number of aromatic nitrogens is 2. The molecule has 1 aliphatic rings. The fourth-order valence-corrected chi connectivity index (χ4v) is 2.72. The van der Waals surface area contributed by atoms with E-state index in [4.69, 9.17) is 0 Å². The predicted octanol–water partition coefficient (Wildman–Crippen LogP) is 0.405. The average Bonchev–Trinajstić information content (AvgIpc) is 2.45. The Balaban J connectivity index is 2.39. The molecule has 1 N–H and O–H groups in total. The summed E-state index contributed by atoms with van der Waals surface area (Å²) < 4.78 is 24.7. The number of hydrogen-bond donors (Lipinski definition) is 1. The largest absolute Gasteiger partial charge is 0.353 e. The van der Waals surface area contributed by atoms with E-state index in [1.165, 1.54) is 17.6 Å². The summed E-state index contributed by atoms with van der Waals surface area (Å²) in [5.41, 5.74) is 0.895. The van der Waals surface area contributed by atoms with Crippen LogP contribution in [0, 0.1) is 0 Å². The maximum absolute atomic E-state index is 11.7. The Morgan fingerprint density at radius 3 is 2.43 bits per heavy atom. The standard InChI is InChI=1S/C13H23N5O2S/c1-10(2)11-9-12(18-7-5-14-6-8-18)15-16-13(11)17(3)21(4,19)20/h9-10,14H,5-8H2,1-4H3. The summed E-state index contributed by atoms with van der Waals surface area (Å²) in [7, 11) is -1.83.